The lowest BCUT2D eigenvalue weighted by molar-refractivity contribution is 0.445. The van der Waals surface area contributed by atoms with Gasteiger partial charge in [0.05, 0.1) is 4.34 Å². The van der Waals surface area contributed by atoms with Crippen molar-refractivity contribution in [1.29, 1.82) is 0 Å². The largest absolute Gasteiger partial charge is 0.224 e. The Morgan fingerprint density at radius 3 is 2.69 bits per heavy atom. The van der Waals surface area contributed by atoms with Crippen LogP contribution in [0.25, 0.3) is 0 Å². The molecule has 0 bridgehead atoms. The molecule has 0 spiro atoms. The van der Waals surface area contributed by atoms with Crippen LogP contribution in [0.2, 0.25) is 4.34 Å². The summed E-state index contributed by atoms with van der Waals surface area (Å²) in [7, 11) is -3.27. The molecule has 0 fully saturated rings. The van der Waals surface area contributed by atoms with E-state index < -0.39 is 10.0 Å². The highest BCUT2D eigenvalue weighted by Crippen LogP contribution is 2.23. The van der Waals surface area contributed by atoms with E-state index >= 15 is 0 Å². The van der Waals surface area contributed by atoms with Crippen LogP contribution in [-0.2, 0) is 16.6 Å². The summed E-state index contributed by atoms with van der Waals surface area (Å²) in [6.45, 7) is 4.18. The minimum absolute atomic E-state index is 0.0903. The molecule has 1 aromatic rings. The number of halogens is 2. The van der Waals surface area contributed by atoms with Gasteiger partial charge in [0.15, 0.2) is 0 Å². The standard InChI is InChI=1S/C9H11BrClNO2S2/c1-2-5-12(16(13,14)7-10)6-8-3-4-9(11)15-8/h2-4H,1,5-7H2. The molecule has 90 valence electrons. The number of alkyl halides is 1. The molecular weight excluding hydrogens is 334 g/mol. The van der Waals surface area contributed by atoms with Crippen molar-refractivity contribution in [3.8, 4) is 0 Å². The Kier molecular flexibility index (Phi) is 5.46. The van der Waals surface area contributed by atoms with Crippen LogP contribution in [0.4, 0.5) is 0 Å². The molecule has 0 amide bonds. The molecule has 0 N–H and O–H groups in total. The molecule has 7 heteroatoms. The lowest BCUT2D eigenvalue weighted by atomic mass is 10.4. The number of sulfonamides is 1. The zero-order valence-corrected chi connectivity index (χ0v) is 12.4. The van der Waals surface area contributed by atoms with Crippen molar-refractivity contribution in [3.63, 3.8) is 0 Å². The van der Waals surface area contributed by atoms with Gasteiger partial charge in [0.2, 0.25) is 10.0 Å². The monoisotopic (exact) mass is 343 g/mol. The Bertz CT molecular complexity index is 458. The molecule has 0 saturated heterocycles. The van der Waals surface area contributed by atoms with E-state index in [1.165, 1.54) is 15.6 Å². The lowest BCUT2D eigenvalue weighted by Gasteiger charge is -2.18. The molecular formula is C9H11BrClNO2S2. The van der Waals surface area contributed by atoms with Crippen molar-refractivity contribution in [2.45, 2.75) is 6.54 Å². The Hall–Kier alpha value is 0.120. The molecule has 0 aliphatic heterocycles. The average molecular weight is 345 g/mol. The summed E-state index contributed by atoms with van der Waals surface area (Å²) >= 11 is 10.1. The number of nitrogens with zero attached hydrogens (tertiary/aromatic N) is 1. The van der Waals surface area contributed by atoms with Gasteiger partial charge in [-0.15, -0.1) is 17.9 Å². The third-order valence-corrected chi connectivity index (χ3v) is 6.12. The second kappa shape index (κ2) is 6.16. The molecule has 0 aliphatic rings. The summed E-state index contributed by atoms with van der Waals surface area (Å²) in [5, 5.41) is 0. The van der Waals surface area contributed by atoms with E-state index in [0.29, 0.717) is 17.4 Å². The fraction of sp³-hybridized carbons (Fsp3) is 0.333. The SMILES string of the molecule is C=CCN(Cc1ccc(Cl)s1)S(=O)(=O)CBr. The van der Waals surface area contributed by atoms with Crippen molar-refractivity contribution in [1.82, 2.24) is 4.31 Å². The molecule has 3 nitrogen and oxygen atoms in total. The second-order valence-electron chi connectivity index (χ2n) is 3.01. The van der Waals surface area contributed by atoms with Gasteiger partial charge in [0.1, 0.15) is 4.66 Å². The van der Waals surface area contributed by atoms with E-state index in [1.54, 1.807) is 12.1 Å². The molecule has 1 aromatic heterocycles. The van der Waals surface area contributed by atoms with Gasteiger partial charge in [-0.2, -0.15) is 4.31 Å². The molecule has 0 aromatic carbocycles. The highest BCUT2D eigenvalue weighted by Gasteiger charge is 2.20. The Balaban J connectivity index is 2.84. The first-order valence-electron chi connectivity index (χ1n) is 4.38. The first kappa shape index (κ1) is 14.2. The number of rotatable bonds is 6. The van der Waals surface area contributed by atoms with Gasteiger partial charge in [-0.1, -0.05) is 33.6 Å². The van der Waals surface area contributed by atoms with Crippen molar-refractivity contribution in [3.05, 3.63) is 34.0 Å². The maximum absolute atomic E-state index is 11.7. The molecule has 0 unspecified atom stereocenters. The summed E-state index contributed by atoms with van der Waals surface area (Å²) in [5.41, 5.74) is 0. The van der Waals surface area contributed by atoms with Crippen molar-refractivity contribution < 1.29 is 8.42 Å². The third kappa shape index (κ3) is 3.85. The van der Waals surface area contributed by atoms with Crippen LogP contribution in [0.15, 0.2) is 24.8 Å². The summed E-state index contributed by atoms with van der Waals surface area (Å²) in [6, 6.07) is 3.58. The topological polar surface area (TPSA) is 37.4 Å². The summed E-state index contributed by atoms with van der Waals surface area (Å²) < 4.78 is 25.3. The van der Waals surface area contributed by atoms with Gasteiger partial charge in [-0.05, 0) is 12.1 Å². The third-order valence-electron chi connectivity index (χ3n) is 1.83. The van der Waals surface area contributed by atoms with Crippen LogP contribution in [0.5, 0.6) is 0 Å². The minimum atomic E-state index is -3.27. The van der Waals surface area contributed by atoms with Gasteiger partial charge in [-0.25, -0.2) is 8.42 Å². The van der Waals surface area contributed by atoms with Crippen LogP contribution in [0.3, 0.4) is 0 Å². The highest BCUT2D eigenvalue weighted by molar-refractivity contribution is 9.10. The van der Waals surface area contributed by atoms with Crippen molar-refractivity contribution >= 4 is 48.9 Å². The molecule has 1 heterocycles. The normalized spacial score (nSPS) is 11.9. The van der Waals surface area contributed by atoms with Crippen molar-refractivity contribution in [2.24, 2.45) is 0 Å². The molecule has 0 saturated carbocycles. The molecule has 0 aliphatic carbocycles. The number of thiophene rings is 1. The quantitative estimate of drug-likeness (QED) is 0.587. The fourth-order valence-corrected chi connectivity index (χ4v) is 3.96. The molecule has 1 rings (SSSR count). The van der Waals surface area contributed by atoms with Crippen molar-refractivity contribution in [2.75, 3.05) is 11.2 Å². The first-order valence-corrected chi connectivity index (χ1v) is 8.31. The highest BCUT2D eigenvalue weighted by atomic mass is 79.9. The smallest absolute Gasteiger partial charge is 0.211 e. The van der Waals surface area contributed by atoms with Crippen LogP contribution >= 0.6 is 38.9 Å². The fourth-order valence-electron chi connectivity index (χ4n) is 1.10. The number of hydrogen-bond donors (Lipinski definition) is 0. The van der Waals surface area contributed by atoms with Gasteiger partial charge >= 0.3 is 0 Å². The van der Waals surface area contributed by atoms with Crippen LogP contribution in [-0.4, -0.2) is 23.9 Å². The zero-order valence-electron chi connectivity index (χ0n) is 8.40. The van der Waals surface area contributed by atoms with Crippen LogP contribution in [0, 0.1) is 0 Å². The number of hydrogen-bond acceptors (Lipinski definition) is 3. The maximum Gasteiger partial charge on any atom is 0.224 e. The predicted molar refractivity (Wildman–Crippen MR) is 72.6 cm³/mol. The maximum atomic E-state index is 11.7. The summed E-state index contributed by atoms with van der Waals surface area (Å²) in [5.74, 6) is 0. The first-order chi connectivity index (χ1) is 7.49. The van der Waals surface area contributed by atoms with Gasteiger partial charge < -0.3 is 0 Å². The van der Waals surface area contributed by atoms with E-state index in [4.69, 9.17) is 11.6 Å². The molecule has 16 heavy (non-hydrogen) atoms. The van der Waals surface area contributed by atoms with E-state index in [0.717, 1.165) is 4.88 Å². The second-order valence-corrected chi connectivity index (χ2v) is 8.08. The Morgan fingerprint density at radius 1 is 1.56 bits per heavy atom. The minimum Gasteiger partial charge on any atom is -0.211 e. The summed E-state index contributed by atoms with van der Waals surface area (Å²) in [4.78, 5) is 0.913. The van der Waals surface area contributed by atoms with E-state index in [2.05, 4.69) is 22.5 Å². The van der Waals surface area contributed by atoms with E-state index in [1.807, 2.05) is 6.07 Å². The van der Waals surface area contributed by atoms with Crippen LogP contribution in [0.1, 0.15) is 4.88 Å². The lowest BCUT2D eigenvalue weighted by Crippen LogP contribution is -2.31. The Labute approximate surface area is 113 Å². The predicted octanol–water partition coefficient (Wildman–Crippen LogP) is 3.07. The van der Waals surface area contributed by atoms with E-state index in [9.17, 15) is 8.42 Å². The Morgan fingerprint density at radius 2 is 2.25 bits per heavy atom. The summed E-state index contributed by atoms with van der Waals surface area (Å²) in [6.07, 6.45) is 1.56. The zero-order chi connectivity index (χ0) is 12.2. The van der Waals surface area contributed by atoms with Crippen LogP contribution < -0.4 is 0 Å². The molecule has 0 atom stereocenters. The van der Waals surface area contributed by atoms with Gasteiger partial charge in [0, 0.05) is 18.0 Å². The van der Waals surface area contributed by atoms with E-state index in [-0.39, 0.29) is 4.66 Å². The molecule has 0 radical (unpaired) electrons. The average Bonchev–Trinajstić information content (AvgIpc) is 2.63. The van der Waals surface area contributed by atoms with Gasteiger partial charge in [-0.3, -0.25) is 0 Å². The van der Waals surface area contributed by atoms with Gasteiger partial charge in [0.25, 0.3) is 0 Å².